The number of rotatable bonds is 6. The molecule has 1 aromatic carbocycles. The molecule has 0 radical (unpaired) electrons. The van der Waals surface area contributed by atoms with Crippen molar-refractivity contribution in [3.05, 3.63) is 34.9 Å². The van der Waals surface area contributed by atoms with Crippen molar-refractivity contribution in [2.45, 2.75) is 57.2 Å². The number of halogens is 1. The fourth-order valence-electron chi connectivity index (χ4n) is 2.75. The van der Waals surface area contributed by atoms with E-state index >= 15 is 0 Å². The van der Waals surface area contributed by atoms with Gasteiger partial charge in [0.2, 0.25) is 0 Å². The standard InChI is InChI=1S/C16H24ClNO/c1-12(11-15(2,3)19-4)18-16(9-10-16)13-5-7-14(17)8-6-13/h5-8,12,18H,9-11H2,1-4H3. The number of nitrogens with one attached hydrogen (secondary N) is 1. The van der Waals surface area contributed by atoms with Crippen LogP contribution in [0, 0.1) is 0 Å². The Hall–Kier alpha value is -0.570. The molecule has 2 nitrogen and oxygen atoms in total. The molecule has 0 aromatic heterocycles. The van der Waals surface area contributed by atoms with E-state index < -0.39 is 0 Å². The molecule has 0 aliphatic heterocycles. The van der Waals surface area contributed by atoms with E-state index in [4.69, 9.17) is 16.3 Å². The highest BCUT2D eigenvalue weighted by molar-refractivity contribution is 6.30. The lowest BCUT2D eigenvalue weighted by atomic mass is 9.97. The first kappa shape index (κ1) is 14.8. The Morgan fingerprint density at radius 3 is 2.37 bits per heavy atom. The van der Waals surface area contributed by atoms with Crippen LogP contribution in [0.25, 0.3) is 0 Å². The SMILES string of the molecule is COC(C)(C)CC(C)NC1(c2ccc(Cl)cc2)CC1. The molecule has 0 bridgehead atoms. The molecule has 0 spiro atoms. The Labute approximate surface area is 121 Å². The summed E-state index contributed by atoms with van der Waals surface area (Å²) < 4.78 is 5.51. The van der Waals surface area contributed by atoms with Gasteiger partial charge in [0.25, 0.3) is 0 Å². The minimum absolute atomic E-state index is 0.0809. The molecule has 0 heterocycles. The molecule has 0 saturated heterocycles. The summed E-state index contributed by atoms with van der Waals surface area (Å²) in [6.07, 6.45) is 3.40. The number of ether oxygens (including phenoxy) is 1. The first-order valence-corrected chi connectivity index (χ1v) is 7.34. The maximum atomic E-state index is 5.96. The van der Waals surface area contributed by atoms with Crippen LogP contribution >= 0.6 is 11.6 Å². The molecule has 1 unspecified atom stereocenters. The van der Waals surface area contributed by atoms with Crippen molar-refractivity contribution in [1.29, 1.82) is 0 Å². The van der Waals surface area contributed by atoms with Gasteiger partial charge in [-0.25, -0.2) is 0 Å². The van der Waals surface area contributed by atoms with Crippen LogP contribution in [0.1, 0.15) is 45.6 Å². The van der Waals surface area contributed by atoms with Crippen molar-refractivity contribution in [2.24, 2.45) is 0 Å². The van der Waals surface area contributed by atoms with Crippen LogP contribution in [0.15, 0.2) is 24.3 Å². The zero-order valence-corrected chi connectivity index (χ0v) is 13.1. The molecule has 1 atom stereocenters. The van der Waals surface area contributed by atoms with Crippen molar-refractivity contribution in [3.63, 3.8) is 0 Å². The Kier molecular flexibility index (Phi) is 4.24. The van der Waals surface area contributed by atoms with E-state index in [1.165, 1.54) is 18.4 Å². The summed E-state index contributed by atoms with van der Waals surface area (Å²) in [6, 6.07) is 8.64. The van der Waals surface area contributed by atoms with Gasteiger partial charge in [-0.2, -0.15) is 0 Å². The molecule has 1 aromatic rings. The molecule has 1 aliphatic carbocycles. The van der Waals surface area contributed by atoms with Crippen LogP contribution in [0.5, 0.6) is 0 Å². The molecule has 1 saturated carbocycles. The zero-order chi connectivity index (χ0) is 14.1. The summed E-state index contributed by atoms with van der Waals surface area (Å²) >= 11 is 5.96. The zero-order valence-electron chi connectivity index (χ0n) is 12.3. The Morgan fingerprint density at radius 2 is 1.89 bits per heavy atom. The van der Waals surface area contributed by atoms with E-state index in [1.807, 2.05) is 12.1 Å². The van der Waals surface area contributed by atoms with E-state index in [0.29, 0.717) is 6.04 Å². The fourth-order valence-corrected chi connectivity index (χ4v) is 2.88. The topological polar surface area (TPSA) is 21.3 Å². The summed E-state index contributed by atoms with van der Waals surface area (Å²) in [6.45, 7) is 6.50. The molecule has 1 fully saturated rings. The fraction of sp³-hybridized carbons (Fsp3) is 0.625. The lowest BCUT2D eigenvalue weighted by molar-refractivity contribution is 0.00730. The maximum absolute atomic E-state index is 5.96. The maximum Gasteiger partial charge on any atom is 0.0637 e. The van der Waals surface area contributed by atoms with Gasteiger partial charge in [-0.1, -0.05) is 23.7 Å². The summed E-state index contributed by atoms with van der Waals surface area (Å²) in [5, 5.41) is 4.57. The third-order valence-corrected chi connectivity index (χ3v) is 4.27. The Bertz CT molecular complexity index is 423. The highest BCUT2D eigenvalue weighted by Crippen LogP contribution is 2.46. The Balaban J connectivity index is 2.00. The summed E-state index contributed by atoms with van der Waals surface area (Å²) in [4.78, 5) is 0. The molecule has 3 heteroatoms. The van der Waals surface area contributed by atoms with Crippen LogP contribution in [0.3, 0.4) is 0 Å². The van der Waals surface area contributed by atoms with Crippen molar-refractivity contribution in [2.75, 3.05) is 7.11 Å². The average molecular weight is 282 g/mol. The predicted octanol–water partition coefficient (Wildman–Crippen LogP) is 4.12. The van der Waals surface area contributed by atoms with Crippen LogP contribution in [-0.2, 0) is 10.3 Å². The van der Waals surface area contributed by atoms with Gasteiger partial charge < -0.3 is 10.1 Å². The molecular formula is C16H24ClNO. The van der Waals surface area contributed by atoms with Crippen molar-refractivity contribution in [1.82, 2.24) is 5.32 Å². The minimum Gasteiger partial charge on any atom is -0.379 e. The second kappa shape index (κ2) is 5.43. The first-order chi connectivity index (χ1) is 8.87. The van der Waals surface area contributed by atoms with E-state index in [-0.39, 0.29) is 11.1 Å². The monoisotopic (exact) mass is 281 g/mol. The van der Waals surface area contributed by atoms with Gasteiger partial charge >= 0.3 is 0 Å². The molecular weight excluding hydrogens is 258 g/mol. The van der Waals surface area contributed by atoms with Crippen molar-refractivity contribution < 1.29 is 4.74 Å². The third-order valence-electron chi connectivity index (χ3n) is 4.02. The van der Waals surface area contributed by atoms with Gasteiger partial charge in [0.1, 0.15) is 0 Å². The normalized spacial score (nSPS) is 19.2. The molecule has 106 valence electrons. The second-order valence-corrected chi connectivity index (χ2v) is 6.74. The minimum atomic E-state index is -0.0809. The van der Waals surface area contributed by atoms with Crippen LogP contribution in [0.2, 0.25) is 5.02 Å². The smallest absolute Gasteiger partial charge is 0.0637 e. The van der Waals surface area contributed by atoms with Crippen molar-refractivity contribution >= 4 is 11.6 Å². The van der Waals surface area contributed by atoms with Gasteiger partial charge in [-0.15, -0.1) is 0 Å². The highest BCUT2D eigenvalue weighted by Gasteiger charge is 2.45. The molecule has 2 rings (SSSR count). The quantitative estimate of drug-likeness (QED) is 0.847. The number of benzene rings is 1. The lowest BCUT2D eigenvalue weighted by Gasteiger charge is -2.30. The number of methoxy groups -OCH3 is 1. The van der Waals surface area contributed by atoms with Crippen LogP contribution < -0.4 is 5.32 Å². The molecule has 19 heavy (non-hydrogen) atoms. The van der Waals surface area contributed by atoms with Crippen LogP contribution in [-0.4, -0.2) is 18.8 Å². The van der Waals surface area contributed by atoms with Gasteiger partial charge in [-0.3, -0.25) is 0 Å². The summed E-state index contributed by atoms with van der Waals surface area (Å²) in [7, 11) is 1.78. The molecule has 0 amide bonds. The van der Waals surface area contributed by atoms with E-state index in [2.05, 4.69) is 38.2 Å². The second-order valence-electron chi connectivity index (χ2n) is 6.30. The van der Waals surface area contributed by atoms with Crippen molar-refractivity contribution in [3.8, 4) is 0 Å². The molecule has 1 N–H and O–H groups in total. The number of hydrogen-bond acceptors (Lipinski definition) is 2. The summed E-state index contributed by atoms with van der Waals surface area (Å²) in [5.74, 6) is 0. The highest BCUT2D eigenvalue weighted by atomic mass is 35.5. The van der Waals surface area contributed by atoms with E-state index in [1.54, 1.807) is 7.11 Å². The number of hydrogen-bond donors (Lipinski definition) is 1. The van der Waals surface area contributed by atoms with Gasteiger partial charge in [0.15, 0.2) is 0 Å². The molecule has 1 aliphatic rings. The lowest BCUT2D eigenvalue weighted by Crippen LogP contribution is -2.41. The van der Waals surface area contributed by atoms with E-state index in [9.17, 15) is 0 Å². The van der Waals surface area contributed by atoms with Gasteiger partial charge in [0.05, 0.1) is 5.60 Å². The van der Waals surface area contributed by atoms with Gasteiger partial charge in [-0.05, 0) is 57.7 Å². The summed E-state index contributed by atoms with van der Waals surface area (Å²) in [5.41, 5.74) is 1.43. The largest absolute Gasteiger partial charge is 0.379 e. The third kappa shape index (κ3) is 3.71. The Morgan fingerprint density at radius 1 is 1.32 bits per heavy atom. The first-order valence-electron chi connectivity index (χ1n) is 6.96. The van der Waals surface area contributed by atoms with Gasteiger partial charge in [0, 0.05) is 23.7 Å². The average Bonchev–Trinajstić information content (AvgIpc) is 3.10. The van der Waals surface area contributed by atoms with Crippen LogP contribution in [0.4, 0.5) is 0 Å². The predicted molar refractivity (Wildman–Crippen MR) is 80.7 cm³/mol. The van der Waals surface area contributed by atoms with E-state index in [0.717, 1.165) is 11.4 Å².